The predicted octanol–water partition coefficient (Wildman–Crippen LogP) is 1.92. The molecule has 1 nitrogen and oxygen atoms in total. The molecule has 0 fully saturated rings. The van der Waals surface area contributed by atoms with Crippen molar-refractivity contribution < 1.29 is 0 Å². The predicted molar refractivity (Wildman–Crippen MR) is 49.7 cm³/mol. The molecule has 56 valence electrons. The summed E-state index contributed by atoms with van der Waals surface area (Å²) >= 11 is 0. The highest BCUT2D eigenvalue weighted by molar-refractivity contribution is 7.26. The summed E-state index contributed by atoms with van der Waals surface area (Å²) in [4.78, 5) is 4.04. The second-order valence-electron chi connectivity index (χ2n) is 1.76. The van der Waals surface area contributed by atoms with Gasteiger partial charge in [-0.2, -0.15) is 0 Å². The van der Waals surface area contributed by atoms with Crippen LogP contribution in [0.3, 0.4) is 0 Å². The highest BCUT2D eigenvalue weighted by Crippen LogP contribution is 1.90. The number of aryl methyl sites for hydroxylation is 1. The molecular weight excluding hydrogens is 141 g/mol. The first-order chi connectivity index (χ1) is 4.79. The van der Waals surface area contributed by atoms with E-state index in [4.69, 9.17) is 0 Å². The van der Waals surface area contributed by atoms with E-state index in [2.05, 4.69) is 14.2 Å². The van der Waals surface area contributed by atoms with Crippen molar-refractivity contribution in [2.24, 2.45) is 0 Å². The maximum Gasteiger partial charge on any atom is 0.0569 e. The molecule has 0 aliphatic carbocycles. The number of hydrogen-bond donors (Lipinski definition) is 0. The van der Waals surface area contributed by atoms with Crippen molar-refractivity contribution in [1.29, 1.82) is 0 Å². The number of nitrogens with zero attached hydrogens (tertiary/aromatic N) is 1. The Labute approximate surface area is 65.1 Å². The summed E-state index contributed by atoms with van der Waals surface area (Å²) < 4.78 is 0. The summed E-state index contributed by atoms with van der Waals surface area (Å²) in [7, 11) is 2.54. The van der Waals surface area contributed by atoms with E-state index in [1.165, 1.54) is 5.56 Å². The van der Waals surface area contributed by atoms with Gasteiger partial charge in [0.25, 0.3) is 0 Å². The molecule has 0 aliphatic rings. The lowest BCUT2D eigenvalue weighted by molar-refractivity contribution is 1.32. The third-order valence-corrected chi connectivity index (χ3v) is 1.28. The molecule has 1 aromatic heterocycles. The lowest BCUT2D eigenvalue weighted by atomic mass is 10.3. The smallest absolute Gasteiger partial charge is 0.0569 e. The van der Waals surface area contributed by atoms with Crippen molar-refractivity contribution in [3.8, 4) is 0 Å². The van der Waals surface area contributed by atoms with Crippen LogP contribution in [0.25, 0.3) is 0 Å². The molecular formula is C8H14NP. The molecule has 0 aromatic carbocycles. The number of aromatic nitrogens is 1. The van der Waals surface area contributed by atoms with Crippen molar-refractivity contribution in [3.63, 3.8) is 0 Å². The van der Waals surface area contributed by atoms with E-state index in [0.29, 0.717) is 0 Å². The van der Waals surface area contributed by atoms with Gasteiger partial charge in [0.15, 0.2) is 0 Å². The van der Waals surface area contributed by atoms with E-state index >= 15 is 0 Å². The standard InChI is InChI=1S/C6H8NP.C2H6/c1-5-2-3-6(8)7-4-5;1-2/h2-4H,8H2,1H3;1-2H3. The van der Waals surface area contributed by atoms with Crippen molar-refractivity contribution >= 4 is 14.7 Å². The minimum absolute atomic E-state index is 0.996. The largest absolute Gasteiger partial charge is 0.257 e. The van der Waals surface area contributed by atoms with Crippen LogP contribution in [0, 0.1) is 6.92 Å². The Hall–Kier alpha value is -0.420. The van der Waals surface area contributed by atoms with Crippen LogP contribution in [0.2, 0.25) is 0 Å². The minimum atomic E-state index is 0.996. The number of rotatable bonds is 0. The van der Waals surface area contributed by atoms with Gasteiger partial charge in [-0.25, -0.2) is 0 Å². The first-order valence-corrected chi connectivity index (χ1v) is 4.05. The lowest BCUT2D eigenvalue weighted by Crippen LogP contribution is -1.94. The second kappa shape index (κ2) is 5.37. The molecule has 0 radical (unpaired) electrons. The van der Waals surface area contributed by atoms with Gasteiger partial charge in [-0.05, 0) is 18.6 Å². The van der Waals surface area contributed by atoms with Gasteiger partial charge in [-0.15, -0.1) is 0 Å². The summed E-state index contributed by atoms with van der Waals surface area (Å²) in [5.41, 5.74) is 2.20. The third kappa shape index (κ3) is 3.58. The Morgan fingerprint density at radius 3 is 2.20 bits per heavy atom. The van der Waals surface area contributed by atoms with Crippen LogP contribution in [0.5, 0.6) is 0 Å². The Bertz CT molecular complexity index is 148. The van der Waals surface area contributed by atoms with E-state index in [0.717, 1.165) is 5.44 Å². The Balaban J connectivity index is 0.000000371. The molecule has 0 amide bonds. The van der Waals surface area contributed by atoms with Gasteiger partial charge in [0.1, 0.15) is 0 Å². The summed E-state index contributed by atoms with van der Waals surface area (Å²) in [6.07, 6.45) is 1.85. The minimum Gasteiger partial charge on any atom is -0.257 e. The maximum atomic E-state index is 4.04. The maximum absolute atomic E-state index is 4.04. The SMILES string of the molecule is CC.Cc1ccc(P)nc1. The van der Waals surface area contributed by atoms with E-state index < -0.39 is 0 Å². The molecule has 2 heteroatoms. The van der Waals surface area contributed by atoms with Gasteiger partial charge >= 0.3 is 0 Å². The molecule has 0 saturated carbocycles. The normalized spacial score (nSPS) is 8.00. The zero-order valence-corrected chi connectivity index (χ0v) is 7.91. The number of pyridine rings is 1. The fraction of sp³-hybridized carbons (Fsp3) is 0.375. The van der Waals surface area contributed by atoms with Crippen molar-refractivity contribution in [2.45, 2.75) is 20.8 Å². The van der Waals surface area contributed by atoms with Crippen LogP contribution in [0.4, 0.5) is 0 Å². The fourth-order valence-electron chi connectivity index (χ4n) is 0.479. The van der Waals surface area contributed by atoms with Crippen LogP contribution in [0.15, 0.2) is 18.3 Å². The molecule has 1 aromatic rings. The van der Waals surface area contributed by atoms with E-state index in [9.17, 15) is 0 Å². The molecule has 0 aliphatic heterocycles. The molecule has 1 unspecified atom stereocenters. The van der Waals surface area contributed by atoms with E-state index in [1.807, 2.05) is 39.1 Å². The van der Waals surface area contributed by atoms with Gasteiger partial charge in [-0.3, -0.25) is 4.98 Å². The molecule has 10 heavy (non-hydrogen) atoms. The van der Waals surface area contributed by atoms with Gasteiger partial charge in [-0.1, -0.05) is 29.2 Å². The summed E-state index contributed by atoms with van der Waals surface area (Å²) in [5.74, 6) is 0. The van der Waals surface area contributed by atoms with Gasteiger partial charge in [0, 0.05) is 6.20 Å². The van der Waals surface area contributed by atoms with Gasteiger partial charge in [0.05, 0.1) is 5.44 Å². The van der Waals surface area contributed by atoms with E-state index in [1.54, 1.807) is 0 Å². The van der Waals surface area contributed by atoms with Crippen LogP contribution in [0.1, 0.15) is 19.4 Å². The first-order valence-electron chi connectivity index (χ1n) is 3.47. The van der Waals surface area contributed by atoms with Crippen LogP contribution in [-0.4, -0.2) is 4.98 Å². The molecule has 1 heterocycles. The van der Waals surface area contributed by atoms with E-state index in [-0.39, 0.29) is 0 Å². The third-order valence-electron chi connectivity index (χ3n) is 0.934. The highest BCUT2D eigenvalue weighted by atomic mass is 31.0. The van der Waals surface area contributed by atoms with Gasteiger partial charge < -0.3 is 0 Å². The monoisotopic (exact) mass is 155 g/mol. The lowest BCUT2D eigenvalue weighted by Gasteiger charge is -1.89. The Morgan fingerprint density at radius 2 is 1.90 bits per heavy atom. The average Bonchev–Trinajstić information content (AvgIpc) is 2.00. The first kappa shape index (κ1) is 9.58. The van der Waals surface area contributed by atoms with Crippen molar-refractivity contribution in [1.82, 2.24) is 4.98 Å². The van der Waals surface area contributed by atoms with Crippen LogP contribution >= 0.6 is 9.24 Å². The van der Waals surface area contributed by atoms with Crippen molar-refractivity contribution in [3.05, 3.63) is 23.9 Å². The Morgan fingerprint density at radius 1 is 1.30 bits per heavy atom. The van der Waals surface area contributed by atoms with Gasteiger partial charge in [0.2, 0.25) is 0 Å². The average molecular weight is 155 g/mol. The molecule has 0 saturated heterocycles. The highest BCUT2D eigenvalue weighted by Gasteiger charge is 1.81. The molecule has 0 N–H and O–H groups in total. The van der Waals surface area contributed by atoms with Crippen molar-refractivity contribution in [2.75, 3.05) is 0 Å². The zero-order chi connectivity index (χ0) is 7.98. The summed E-state index contributed by atoms with van der Waals surface area (Å²) in [6, 6.07) is 4.01. The second-order valence-corrected chi connectivity index (χ2v) is 2.35. The molecule has 0 bridgehead atoms. The molecule has 0 spiro atoms. The molecule has 1 rings (SSSR count). The molecule has 1 atom stereocenters. The topological polar surface area (TPSA) is 12.9 Å². The summed E-state index contributed by atoms with van der Waals surface area (Å²) in [6.45, 7) is 6.02. The van der Waals surface area contributed by atoms with Crippen LogP contribution in [-0.2, 0) is 0 Å². The number of hydrogen-bond acceptors (Lipinski definition) is 1. The zero-order valence-electron chi connectivity index (χ0n) is 6.76. The quantitative estimate of drug-likeness (QED) is 0.521. The Kier molecular flexibility index (Phi) is 5.15. The summed E-state index contributed by atoms with van der Waals surface area (Å²) in [5, 5.41) is 0. The van der Waals surface area contributed by atoms with Crippen LogP contribution < -0.4 is 5.44 Å². The fourth-order valence-corrected chi connectivity index (χ4v) is 0.650.